The summed E-state index contributed by atoms with van der Waals surface area (Å²) in [7, 11) is 0. The largest absolute Gasteiger partial charge is 0.336 e. The molecule has 3 rings (SSSR count). The number of hydrogen-bond donors (Lipinski definition) is 3. The maximum Gasteiger partial charge on any atom is 0.319 e. The van der Waals surface area contributed by atoms with Gasteiger partial charge in [-0.1, -0.05) is 24.3 Å². The van der Waals surface area contributed by atoms with Gasteiger partial charge in [-0.3, -0.25) is 4.79 Å². The van der Waals surface area contributed by atoms with E-state index in [9.17, 15) is 9.59 Å². The van der Waals surface area contributed by atoms with Crippen molar-refractivity contribution in [1.82, 2.24) is 5.32 Å². The van der Waals surface area contributed by atoms with Crippen LogP contribution in [0.15, 0.2) is 48.5 Å². The van der Waals surface area contributed by atoms with Crippen molar-refractivity contribution in [2.24, 2.45) is 0 Å². The minimum absolute atomic E-state index is 0.0169. The van der Waals surface area contributed by atoms with Gasteiger partial charge in [0.15, 0.2) is 0 Å². The van der Waals surface area contributed by atoms with Crippen LogP contribution in [-0.4, -0.2) is 18.0 Å². The third-order valence-electron chi connectivity index (χ3n) is 4.28. The lowest BCUT2D eigenvalue weighted by molar-refractivity contribution is -0.117. The van der Waals surface area contributed by atoms with Crippen LogP contribution in [0, 0.1) is 0 Å². The van der Waals surface area contributed by atoms with Gasteiger partial charge in [0.25, 0.3) is 0 Å². The highest BCUT2D eigenvalue weighted by molar-refractivity contribution is 5.97. The molecular weight excluding hydrogens is 314 g/mol. The maximum atomic E-state index is 12.6. The summed E-state index contributed by atoms with van der Waals surface area (Å²) in [6.45, 7) is 3.80. The second-order valence-corrected chi connectivity index (χ2v) is 6.61. The Morgan fingerprint density at radius 1 is 0.960 bits per heavy atom. The number of aryl methyl sites for hydroxylation is 1. The van der Waals surface area contributed by atoms with Crippen molar-refractivity contribution in [2.75, 3.05) is 10.6 Å². The molecule has 25 heavy (non-hydrogen) atoms. The van der Waals surface area contributed by atoms with E-state index in [2.05, 4.69) is 22.0 Å². The van der Waals surface area contributed by atoms with Crippen molar-refractivity contribution >= 4 is 23.3 Å². The van der Waals surface area contributed by atoms with Crippen LogP contribution in [0.1, 0.15) is 37.3 Å². The minimum atomic E-state index is -0.241. The third kappa shape index (κ3) is 4.18. The SMILES string of the molecule is CC(C)NC(=O)Nc1ccc(NC(=O)[C@H]2CCc3ccccc32)cc1. The van der Waals surface area contributed by atoms with Crippen LogP contribution in [0.2, 0.25) is 0 Å². The average molecular weight is 337 g/mol. The molecule has 0 saturated heterocycles. The van der Waals surface area contributed by atoms with E-state index in [0.717, 1.165) is 24.1 Å². The van der Waals surface area contributed by atoms with Crippen LogP contribution < -0.4 is 16.0 Å². The number of nitrogens with one attached hydrogen (secondary N) is 3. The van der Waals surface area contributed by atoms with Crippen molar-refractivity contribution in [3.63, 3.8) is 0 Å². The molecule has 5 heteroatoms. The number of benzene rings is 2. The fourth-order valence-electron chi connectivity index (χ4n) is 3.13. The molecule has 0 spiro atoms. The smallest absolute Gasteiger partial charge is 0.319 e. The number of carbonyl (C=O) groups excluding carboxylic acids is 2. The van der Waals surface area contributed by atoms with E-state index in [4.69, 9.17) is 0 Å². The first-order valence-corrected chi connectivity index (χ1v) is 8.59. The van der Waals surface area contributed by atoms with Crippen molar-refractivity contribution in [3.8, 4) is 0 Å². The number of hydrogen-bond acceptors (Lipinski definition) is 2. The van der Waals surface area contributed by atoms with Gasteiger partial charge in [-0.25, -0.2) is 4.79 Å². The summed E-state index contributed by atoms with van der Waals surface area (Å²) in [5.41, 5.74) is 3.80. The Balaban J connectivity index is 1.60. The van der Waals surface area contributed by atoms with Crippen molar-refractivity contribution in [1.29, 1.82) is 0 Å². The molecule has 1 aliphatic carbocycles. The number of rotatable bonds is 4. The Morgan fingerprint density at radius 2 is 1.60 bits per heavy atom. The lowest BCUT2D eigenvalue weighted by atomic mass is 10.0. The third-order valence-corrected chi connectivity index (χ3v) is 4.28. The summed E-state index contributed by atoms with van der Waals surface area (Å²) in [6.07, 6.45) is 1.79. The first-order chi connectivity index (χ1) is 12.0. The van der Waals surface area contributed by atoms with Crippen LogP contribution in [0.5, 0.6) is 0 Å². The molecule has 0 bridgehead atoms. The van der Waals surface area contributed by atoms with E-state index in [0.29, 0.717) is 5.69 Å². The van der Waals surface area contributed by atoms with E-state index < -0.39 is 0 Å². The van der Waals surface area contributed by atoms with Gasteiger partial charge >= 0.3 is 6.03 Å². The van der Waals surface area contributed by atoms with E-state index in [-0.39, 0.29) is 23.9 Å². The number of amides is 3. The van der Waals surface area contributed by atoms with E-state index in [1.807, 2.05) is 32.0 Å². The Labute approximate surface area is 147 Å². The summed E-state index contributed by atoms with van der Waals surface area (Å²) in [5, 5.41) is 8.49. The monoisotopic (exact) mass is 337 g/mol. The summed E-state index contributed by atoms with van der Waals surface area (Å²) in [6, 6.07) is 15.1. The molecule has 0 heterocycles. The van der Waals surface area contributed by atoms with Crippen LogP contribution in [-0.2, 0) is 11.2 Å². The Kier molecular flexibility index (Phi) is 5.03. The first-order valence-electron chi connectivity index (χ1n) is 8.59. The van der Waals surface area contributed by atoms with Gasteiger partial charge in [-0.05, 0) is 62.1 Å². The molecule has 0 radical (unpaired) electrons. The highest BCUT2D eigenvalue weighted by Gasteiger charge is 2.28. The number of carbonyl (C=O) groups is 2. The predicted octanol–water partition coefficient (Wildman–Crippen LogP) is 3.89. The highest BCUT2D eigenvalue weighted by atomic mass is 16.2. The normalized spacial score (nSPS) is 15.6. The number of urea groups is 1. The van der Waals surface area contributed by atoms with Gasteiger partial charge in [0.05, 0.1) is 5.92 Å². The second kappa shape index (κ2) is 7.38. The quantitative estimate of drug-likeness (QED) is 0.792. The van der Waals surface area contributed by atoms with Crippen molar-refractivity contribution in [2.45, 2.75) is 38.6 Å². The summed E-state index contributed by atoms with van der Waals surface area (Å²) >= 11 is 0. The lowest BCUT2D eigenvalue weighted by Crippen LogP contribution is -2.34. The van der Waals surface area contributed by atoms with E-state index in [1.54, 1.807) is 24.3 Å². The van der Waals surface area contributed by atoms with Crippen molar-refractivity contribution in [3.05, 3.63) is 59.7 Å². The Hall–Kier alpha value is -2.82. The number of fused-ring (bicyclic) bond motifs is 1. The Bertz CT molecular complexity index is 769. The van der Waals surface area contributed by atoms with E-state index >= 15 is 0 Å². The van der Waals surface area contributed by atoms with Crippen molar-refractivity contribution < 1.29 is 9.59 Å². The molecule has 0 aromatic heterocycles. The maximum absolute atomic E-state index is 12.6. The van der Waals surface area contributed by atoms with Gasteiger partial charge < -0.3 is 16.0 Å². The molecule has 2 aromatic carbocycles. The molecule has 5 nitrogen and oxygen atoms in total. The predicted molar refractivity (Wildman–Crippen MR) is 99.9 cm³/mol. The summed E-state index contributed by atoms with van der Waals surface area (Å²) in [4.78, 5) is 24.3. The summed E-state index contributed by atoms with van der Waals surface area (Å²) in [5.74, 6) is -0.0750. The molecule has 3 amide bonds. The highest BCUT2D eigenvalue weighted by Crippen LogP contribution is 2.33. The zero-order valence-electron chi connectivity index (χ0n) is 14.5. The molecule has 0 aliphatic heterocycles. The molecule has 0 unspecified atom stereocenters. The van der Waals surface area contributed by atoms with Crippen LogP contribution in [0.25, 0.3) is 0 Å². The number of anilines is 2. The fourth-order valence-corrected chi connectivity index (χ4v) is 3.13. The molecule has 0 fully saturated rings. The van der Waals surface area contributed by atoms with Gasteiger partial charge in [0.1, 0.15) is 0 Å². The second-order valence-electron chi connectivity index (χ2n) is 6.61. The summed E-state index contributed by atoms with van der Waals surface area (Å²) < 4.78 is 0. The molecule has 0 saturated carbocycles. The molecule has 130 valence electrons. The first kappa shape index (κ1) is 17.0. The molecule has 1 atom stereocenters. The topological polar surface area (TPSA) is 70.2 Å². The molecular formula is C20H23N3O2. The van der Waals surface area contributed by atoms with Gasteiger partial charge in [-0.2, -0.15) is 0 Å². The fraction of sp³-hybridized carbons (Fsp3) is 0.300. The van der Waals surface area contributed by atoms with E-state index in [1.165, 1.54) is 5.56 Å². The molecule has 3 N–H and O–H groups in total. The molecule has 2 aromatic rings. The van der Waals surface area contributed by atoms with Gasteiger partial charge in [0.2, 0.25) is 5.91 Å². The lowest BCUT2D eigenvalue weighted by Gasteiger charge is -2.13. The average Bonchev–Trinajstić information content (AvgIpc) is 3.00. The minimum Gasteiger partial charge on any atom is -0.336 e. The standard InChI is InChI=1S/C20H23N3O2/c1-13(2)21-20(25)23-16-10-8-15(9-11-16)22-19(24)18-12-7-14-5-3-4-6-17(14)18/h3-6,8-11,13,18H,7,12H2,1-2H3,(H,22,24)(H2,21,23,25)/t18-/m0/s1. The molecule has 1 aliphatic rings. The van der Waals surface area contributed by atoms with Gasteiger partial charge in [-0.15, -0.1) is 0 Å². The zero-order valence-corrected chi connectivity index (χ0v) is 14.5. The van der Waals surface area contributed by atoms with Crippen LogP contribution in [0.3, 0.4) is 0 Å². The van der Waals surface area contributed by atoms with Gasteiger partial charge in [0, 0.05) is 17.4 Å². The Morgan fingerprint density at radius 3 is 2.28 bits per heavy atom. The van der Waals surface area contributed by atoms with Crippen LogP contribution >= 0.6 is 0 Å². The van der Waals surface area contributed by atoms with Crippen LogP contribution in [0.4, 0.5) is 16.2 Å². The zero-order chi connectivity index (χ0) is 17.8.